The second-order valence-corrected chi connectivity index (χ2v) is 5.22. The van der Waals surface area contributed by atoms with Crippen LogP contribution >= 0.6 is 11.6 Å². The fourth-order valence-corrected chi connectivity index (χ4v) is 2.53. The summed E-state index contributed by atoms with van der Waals surface area (Å²) in [4.78, 5) is 16.5. The van der Waals surface area contributed by atoms with Gasteiger partial charge in [0, 0.05) is 24.0 Å². The van der Waals surface area contributed by atoms with Crippen molar-refractivity contribution >= 4 is 28.3 Å². The highest BCUT2D eigenvalue weighted by Crippen LogP contribution is 2.16. The van der Waals surface area contributed by atoms with Gasteiger partial charge in [0.15, 0.2) is 0 Å². The molecule has 1 N–H and O–H groups in total. The highest BCUT2D eigenvalue weighted by Gasteiger charge is 2.13. The molecule has 106 valence electrons. The molecule has 4 heteroatoms. The fourth-order valence-electron chi connectivity index (χ4n) is 2.23. The summed E-state index contributed by atoms with van der Waals surface area (Å²) >= 11 is 5.76. The lowest BCUT2D eigenvalue weighted by Crippen LogP contribution is -2.30. The van der Waals surface area contributed by atoms with Crippen molar-refractivity contribution in [3.63, 3.8) is 0 Å². The van der Waals surface area contributed by atoms with Crippen molar-refractivity contribution in [1.82, 2.24) is 10.3 Å². The minimum Gasteiger partial charge on any atom is -0.350 e. The lowest BCUT2D eigenvalue weighted by Gasteiger charge is -2.14. The SMILES string of the molecule is CCC(CCCl)CNC(=O)c1nccc2ccccc12. The second-order valence-electron chi connectivity index (χ2n) is 4.84. The fraction of sp³-hybridized carbons (Fsp3) is 0.375. The van der Waals surface area contributed by atoms with E-state index >= 15 is 0 Å². The number of alkyl halides is 1. The topological polar surface area (TPSA) is 42.0 Å². The molecule has 0 fully saturated rings. The molecule has 3 nitrogen and oxygen atoms in total. The van der Waals surface area contributed by atoms with Crippen molar-refractivity contribution < 1.29 is 4.79 Å². The van der Waals surface area contributed by atoms with Crippen LogP contribution in [0.2, 0.25) is 0 Å². The van der Waals surface area contributed by atoms with Gasteiger partial charge in [-0.15, -0.1) is 11.6 Å². The van der Waals surface area contributed by atoms with E-state index < -0.39 is 0 Å². The Morgan fingerprint density at radius 2 is 2.15 bits per heavy atom. The molecule has 0 spiro atoms. The number of benzene rings is 1. The maximum atomic E-state index is 12.3. The molecule has 2 rings (SSSR count). The summed E-state index contributed by atoms with van der Waals surface area (Å²) in [5.41, 5.74) is 0.490. The van der Waals surface area contributed by atoms with Gasteiger partial charge in [-0.3, -0.25) is 9.78 Å². The van der Waals surface area contributed by atoms with Crippen molar-refractivity contribution in [3.8, 4) is 0 Å². The number of carbonyl (C=O) groups excluding carboxylic acids is 1. The van der Waals surface area contributed by atoms with Gasteiger partial charge in [-0.05, 0) is 23.8 Å². The Morgan fingerprint density at radius 3 is 2.90 bits per heavy atom. The molecule has 0 aliphatic heterocycles. The molecular weight excluding hydrogens is 272 g/mol. The summed E-state index contributed by atoms with van der Waals surface area (Å²) in [5.74, 6) is 0.933. The van der Waals surface area contributed by atoms with Crippen molar-refractivity contribution in [2.75, 3.05) is 12.4 Å². The number of nitrogens with one attached hydrogen (secondary N) is 1. The van der Waals surface area contributed by atoms with Crippen LogP contribution in [0, 0.1) is 5.92 Å². The summed E-state index contributed by atoms with van der Waals surface area (Å²) in [7, 11) is 0. The number of pyridine rings is 1. The Labute approximate surface area is 124 Å². The zero-order valence-electron chi connectivity index (χ0n) is 11.6. The third-order valence-corrected chi connectivity index (χ3v) is 3.75. The lowest BCUT2D eigenvalue weighted by molar-refractivity contribution is 0.0943. The minimum atomic E-state index is -0.116. The number of hydrogen-bond donors (Lipinski definition) is 1. The van der Waals surface area contributed by atoms with Gasteiger partial charge in [-0.25, -0.2) is 0 Å². The molecule has 1 unspecified atom stereocenters. The molecule has 0 bridgehead atoms. The molecule has 0 aliphatic rings. The van der Waals surface area contributed by atoms with Gasteiger partial charge in [-0.1, -0.05) is 37.6 Å². The minimum absolute atomic E-state index is 0.116. The third kappa shape index (κ3) is 3.48. The third-order valence-electron chi connectivity index (χ3n) is 3.53. The van der Waals surface area contributed by atoms with E-state index in [0.717, 1.165) is 23.6 Å². The largest absolute Gasteiger partial charge is 0.350 e. The molecule has 1 aromatic carbocycles. The molecule has 0 saturated carbocycles. The second kappa shape index (κ2) is 7.25. The number of aromatic nitrogens is 1. The van der Waals surface area contributed by atoms with Crippen LogP contribution in [0.15, 0.2) is 36.5 Å². The van der Waals surface area contributed by atoms with Crippen LogP contribution in [0.25, 0.3) is 10.8 Å². The number of hydrogen-bond acceptors (Lipinski definition) is 2. The number of rotatable bonds is 6. The Hall–Kier alpha value is -1.61. The van der Waals surface area contributed by atoms with Gasteiger partial charge in [0.2, 0.25) is 0 Å². The standard InChI is InChI=1S/C16H19ClN2O/c1-2-12(7-9-17)11-19-16(20)15-14-6-4-3-5-13(14)8-10-18-15/h3-6,8,10,12H,2,7,9,11H2,1H3,(H,19,20). The van der Waals surface area contributed by atoms with Gasteiger partial charge in [-0.2, -0.15) is 0 Å². The average molecular weight is 291 g/mol. The van der Waals surface area contributed by atoms with E-state index in [4.69, 9.17) is 11.6 Å². The number of carbonyl (C=O) groups is 1. The van der Waals surface area contributed by atoms with Gasteiger partial charge in [0.25, 0.3) is 5.91 Å². The molecular formula is C16H19ClN2O. The lowest BCUT2D eigenvalue weighted by atomic mass is 10.0. The molecule has 1 aromatic heterocycles. The van der Waals surface area contributed by atoms with Crippen molar-refractivity contribution in [2.45, 2.75) is 19.8 Å². The molecule has 0 saturated heterocycles. The first-order valence-corrected chi connectivity index (χ1v) is 7.47. The molecule has 1 atom stereocenters. The summed E-state index contributed by atoms with van der Waals surface area (Å²) < 4.78 is 0. The highest BCUT2D eigenvalue weighted by atomic mass is 35.5. The Balaban J connectivity index is 2.11. The number of halogens is 1. The first-order valence-electron chi connectivity index (χ1n) is 6.94. The van der Waals surface area contributed by atoms with E-state index in [2.05, 4.69) is 17.2 Å². The number of fused-ring (bicyclic) bond motifs is 1. The van der Waals surface area contributed by atoms with Gasteiger partial charge >= 0.3 is 0 Å². The highest BCUT2D eigenvalue weighted by molar-refractivity contribution is 6.17. The smallest absolute Gasteiger partial charge is 0.270 e. The van der Waals surface area contributed by atoms with E-state index in [-0.39, 0.29) is 5.91 Å². The quantitative estimate of drug-likeness (QED) is 0.826. The first-order chi connectivity index (χ1) is 9.76. The van der Waals surface area contributed by atoms with Crippen LogP contribution in [0.3, 0.4) is 0 Å². The maximum Gasteiger partial charge on any atom is 0.270 e. The van der Waals surface area contributed by atoms with E-state index in [0.29, 0.717) is 24.0 Å². The van der Waals surface area contributed by atoms with Gasteiger partial charge in [0.05, 0.1) is 0 Å². The maximum absolute atomic E-state index is 12.3. The van der Waals surface area contributed by atoms with Gasteiger partial charge < -0.3 is 5.32 Å². The van der Waals surface area contributed by atoms with Crippen LogP contribution in [0.4, 0.5) is 0 Å². The van der Waals surface area contributed by atoms with E-state index in [1.165, 1.54) is 0 Å². The molecule has 1 heterocycles. The first kappa shape index (κ1) is 14.8. The van der Waals surface area contributed by atoms with Crippen LogP contribution < -0.4 is 5.32 Å². The normalized spacial score (nSPS) is 12.3. The summed E-state index contributed by atoms with van der Waals surface area (Å²) in [6.45, 7) is 2.76. The molecule has 0 aliphatic carbocycles. The van der Waals surface area contributed by atoms with Crippen LogP contribution in [-0.2, 0) is 0 Å². The predicted molar refractivity (Wildman–Crippen MR) is 83.2 cm³/mol. The summed E-state index contributed by atoms with van der Waals surface area (Å²) in [5, 5.41) is 4.88. The molecule has 0 radical (unpaired) electrons. The Morgan fingerprint density at radius 1 is 1.35 bits per heavy atom. The number of amides is 1. The Bertz CT molecular complexity index is 580. The average Bonchev–Trinajstić information content (AvgIpc) is 2.50. The molecule has 1 amide bonds. The van der Waals surface area contributed by atoms with E-state index in [1.807, 2.05) is 30.3 Å². The predicted octanol–water partition coefficient (Wildman–Crippen LogP) is 3.62. The zero-order chi connectivity index (χ0) is 14.4. The Kier molecular flexibility index (Phi) is 5.36. The van der Waals surface area contributed by atoms with E-state index in [1.54, 1.807) is 6.20 Å². The monoisotopic (exact) mass is 290 g/mol. The van der Waals surface area contributed by atoms with Crippen LogP contribution in [-0.4, -0.2) is 23.3 Å². The van der Waals surface area contributed by atoms with Crippen molar-refractivity contribution in [2.24, 2.45) is 5.92 Å². The van der Waals surface area contributed by atoms with Gasteiger partial charge in [0.1, 0.15) is 5.69 Å². The summed E-state index contributed by atoms with van der Waals surface area (Å²) in [6.07, 6.45) is 3.60. The zero-order valence-corrected chi connectivity index (χ0v) is 12.4. The van der Waals surface area contributed by atoms with Crippen LogP contribution in [0.1, 0.15) is 30.3 Å². The van der Waals surface area contributed by atoms with Crippen molar-refractivity contribution in [3.05, 3.63) is 42.2 Å². The molecule has 2 aromatic rings. The van der Waals surface area contributed by atoms with E-state index in [9.17, 15) is 4.79 Å². The van der Waals surface area contributed by atoms with Crippen LogP contribution in [0.5, 0.6) is 0 Å². The number of nitrogens with zero attached hydrogens (tertiary/aromatic N) is 1. The molecule has 20 heavy (non-hydrogen) atoms. The summed E-state index contributed by atoms with van der Waals surface area (Å²) in [6, 6.07) is 9.69. The van der Waals surface area contributed by atoms with Crippen molar-refractivity contribution in [1.29, 1.82) is 0 Å².